The van der Waals surface area contributed by atoms with Crippen molar-refractivity contribution in [3.8, 4) is 17.2 Å². The molecule has 0 radical (unpaired) electrons. The maximum atomic E-state index is 13.5. The van der Waals surface area contributed by atoms with Crippen LogP contribution in [0.3, 0.4) is 0 Å². The summed E-state index contributed by atoms with van der Waals surface area (Å²) in [4.78, 5) is 23.6. The Morgan fingerprint density at radius 3 is 2.62 bits per heavy atom. The molecule has 0 saturated carbocycles. The van der Waals surface area contributed by atoms with Gasteiger partial charge in [0.05, 0.1) is 7.11 Å². The van der Waals surface area contributed by atoms with E-state index >= 15 is 0 Å². The highest BCUT2D eigenvalue weighted by atomic mass is 19.1. The second kappa shape index (κ2) is 9.05. The molecule has 1 aliphatic heterocycles. The van der Waals surface area contributed by atoms with E-state index in [2.05, 4.69) is 0 Å². The number of hydrogen-bond donors (Lipinski definition) is 1. The lowest BCUT2D eigenvalue weighted by Crippen LogP contribution is -2.21. The molecule has 7 nitrogen and oxygen atoms in total. The lowest BCUT2D eigenvalue weighted by Gasteiger charge is -2.20. The van der Waals surface area contributed by atoms with E-state index in [1.165, 1.54) is 13.2 Å². The molecule has 2 aromatic carbocycles. The highest BCUT2D eigenvalue weighted by Crippen LogP contribution is 2.40. The predicted octanol–water partition coefficient (Wildman–Crippen LogP) is 2.94. The molecule has 1 N–H and O–H groups in total. The Kier molecular flexibility index (Phi) is 6.28. The van der Waals surface area contributed by atoms with E-state index < -0.39 is 35.8 Å². The molecule has 0 fully saturated rings. The van der Waals surface area contributed by atoms with Crippen LogP contribution >= 0.6 is 0 Å². The van der Waals surface area contributed by atoms with E-state index in [1.54, 1.807) is 12.1 Å². The quantitative estimate of drug-likeness (QED) is 0.588. The smallest absolute Gasteiger partial charge is 0.331 e. The van der Waals surface area contributed by atoms with E-state index in [4.69, 9.17) is 18.9 Å². The van der Waals surface area contributed by atoms with E-state index in [-0.39, 0.29) is 0 Å². The minimum absolute atomic E-state index is 0.392. The van der Waals surface area contributed by atoms with E-state index in [9.17, 15) is 18.4 Å². The van der Waals surface area contributed by atoms with Crippen LogP contribution in [0.25, 0.3) is 6.08 Å². The fourth-order valence-corrected chi connectivity index (χ4v) is 2.53. The number of anilines is 1. The second-order valence-corrected chi connectivity index (χ2v) is 5.83. The summed E-state index contributed by atoms with van der Waals surface area (Å²) in [5, 5.41) is 2.02. The molecule has 0 aliphatic carbocycles. The first-order valence-electron chi connectivity index (χ1n) is 8.54. The first kappa shape index (κ1) is 20.1. The number of carbonyl (C=O) groups excluding carboxylic acids is 2. The van der Waals surface area contributed by atoms with Crippen LogP contribution in [0.1, 0.15) is 5.56 Å². The number of amides is 1. The normalized spacial score (nSPS) is 12.5. The van der Waals surface area contributed by atoms with Crippen molar-refractivity contribution < 1.29 is 37.3 Å². The van der Waals surface area contributed by atoms with Crippen molar-refractivity contribution in [2.24, 2.45) is 0 Å². The van der Waals surface area contributed by atoms with Gasteiger partial charge in [0, 0.05) is 6.08 Å². The van der Waals surface area contributed by atoms with Gasteiger partial charge in [-0.1, -0.05) is 6.07 Å². The molecule has 1 amide bonds. The maximum Gasteiger partial charge on any atom is 0.331 e. The number of benzene rings is 2. The van der Waals surface area contributed by atoms with Crippen molar-refractivity contribution in [3.63, 3.8) is 0 Å². The Labute approximate surface area is 164 Å². The van der Waals surface area contributed by atoms with E-state index in [0.29, 0.717) is 36.0 Å². The van der Waals surface area contributed by atoms with Gasteiger partial charge in [-0.25, -0.2) is 13.6 Å². The Hall–Kier alpha value is -3.62. The lowest BCUT2D eigenvalue weighted by atomic mass is 10.1. The first-order chi connectivity index (χ1) is 14.0. The Morgan fingerprint density at radius 1 is 1.17 bits per heavy atom. The van der Waals surface area contributed by atoms with Gasteiger partial charge in [0.15, 0.2) is 18.1 Å². The van der Waals surface area contributed by atoms with Gasteiger partial charge >= 0.3 is 5.97 Å². The summed E-state index contributed by atoms with van der Waals surface area (Å²) in [6.45, 7) is 0.0915. The summed E-state index contributed by atoms with van der Waals surface area (Å²) in [6, 6.07) is 6.46. The zero-order chi connectivity index (χ0) is 20.8. The molecule has 9 heteroatoms. The molecule has 0 bridgehead atoms. The van der Waals surface area contributed by atoms with Gasteiger partial charge in [0.1, 0.15) is 30.5 Å². The molecular formula is C20H17F2NO6. The average Bonchev–Trinajstić information content (AvgIpc) is 2.72. The predicted molar refractivity (Wildman–Crippen MR) is 99.0 cm³/mol. The monoisotopic (exact) mass is 405 g/mol. The Bertz CT molecular complexity index is 923. The number of methoxy groups -OCH3 is 1. The summed E-state index contributed by atoms with van der Waals surface area (Å²) < 4.78 is 48.0. The summed E-state index contributed by atoms with van der Waals surface area (Å²) >= 11 is 0. The first-order valence-corrected chi connectivity index (χ1v) is 8.54. The topological polar surface area (TPSA) is 83.1 Å². The van der Waals surface area contributed by atoms with Gasteiger partial charge in [-0.05, 0) is 35.9 Å². The van der Waals surface area contributed by atoms with Gasteiger partial charge in [-0.2, -0.15) is 0 Å². The number of ether oxygens (including phenoxy) is 4. The molecule has 0 saturated heterocycles. The highest BCUT2D eigenvalue weighted by molar-refractivity contribution is 5.94. The van der Waals surface area contributed by atoms with Crippen molar-refractivity contribution in [1.29, 1.82) is 0 Å². The largest absolute Gasteiger partial charge is 0.493 e. The van der Waals surface area contributed by atoms with Crippen LogP contribution < -0.4 is 19.5 Å². The van der Waals surface area contributed by atoms with Crippen LogP contribution in [0.2, 0.25) is 0 Å². The van der Waals surface area contributed by atoms with Crippen molar-refractivity contribution in [2.45, 2.75) is 0 Å². The number of halogens is 2. The minimum atomic E-state index is -0.933. The number of hydrogen-bond acceptors (Lipinski definition) is 6. The molecule has 0 atom stereocenters. The molecule has 1 aliphatic rings. The lowest BCUT2D eigenvalue weighted by molar-refractivity contribution is -0.142. The third-order valence-electron chi connectivity index (χ3n) is 3.83. The molecule has 0 spiro atoms. The van der Waals surface area contributed by atoms with Crippen LogP contribution in [-0.2, 0) is 14.3 Å². The highest BCUT2D eigenvalue weighted by Gasteiger charge is 2.18. The minimum Gasteiger partial charge on any atom is -0.493 e. The molecule has 0 unspecified atom stereocenters. The number of nitrogens with one attached hydrogen (secondary N) is 1. The Balaban J connectivity index is 1.58. The Morgan fingerprint density at radius 2 is 1.90 bits per heavy atom. The molecule has 29 heavy (non-hydrogen) atoms. The summed E-state index contributed by atoms with van der Waals surface area (Å²) in [7, 11) is 1.48. The zero-order valence-corrected chi connectivity index (χ0v) is 15.4. The summed E-state index contributed by atoms with van der Waals surface area (Å²) in [5.41, 5.74) is -0.0200. The maximum absolute atomic E-state index is 13.5. The van der Waals surface area contributed by atoms with Gasteiger partial charge in [0.2, 0.25) is 5.75 Å². The zero-order valence-electron chi connectivity index (χ0n) is 15.4. The van der Waals surface area contributed by atoms with Gasteiger partial charge in [-0.3, -0.25) is 4.79 Å². The second-order valence-electron chi connectivity index (χ2n) is 5.83. The molecule has 0 aromatic heterocycles. The van der Waals surface area contributed by atoms with Crippen LogP contribution in [0.15, 0.2) is 36.4 Å². The number of carbonyl (C=O) groups is 2. The molecular weight excluding hydrogens is 388 g/mol. The number of esters is 1. The van der Waals surface area contributed by atoms with Crippen LogP contribution in [0.5, 0.6) is 17.2 Å². The van der Waals surface area contributed by atoms with Crippen molar-refractivity contribution >= 4 is 23.6 Å². The van der Waals surface area contributed by atoms with Gasteiger partial charge < -0.3 is 24.3 Å². The fraction of sp³-hybridized carbons (Fsp3) is 0.200. The standard InChI is InChI=1S/C20H17F2NO6/c1-26-15-9-12(10-16-20(15)28-8-7-27-16)5-6-18(25)29-11-17(24)23-19-13(21)3-2-4-14(19)22/h2-6,9-10H,7-8,11H2,1H3,(H,23,24)/b6-5+. The number of rotatable bonds is 6. The van der Waals surface area contributed by atoms with E-state index in [1.807, 2.05) is 5.32 Å². The summed E-state index contributed by atoms with van der Waals surface area (Å²) in [6.07, 6.45) is 2.54. The number of fused-ring (bicyclic) bond motifs is 1. The number of para-hydroxylation sites is 1. The third kappa shape index (κ3) is 5.01. The third-order valence-corrected chi connectivity index (χ3v) is 3.83. The van der Waals surface area contributed by atoms with Gasteiger partial charge in [-0.15, -0.1) is 0 Å². The van der Waals surface area contributed by atoms with Crippen LogP contribution in [0, 0.1) is 11.6 Å². The van der Waals surface area contributed by atoms with E-state index in [0.717, 1.165) is 24.3 Å². The van der Waals surface area contributed by atoms with Crippen molar-refractivity contribution in [1.82, 2.24) is 0 Å². The summed E-state index contributed by atoms with van der Waals surface area (Å²) in [5.74, 6) is -2.15. The molecule has 1 heterocycles. The van der Waals surface area contributed by atoms with Gasteiger partial charge in [0.25, 0.3) is 5.91 Å². The van der Waals surface area contributed by atoms with Crippen LogP contribution in [0.4, 0.5) is 14.5 Å². The van der Waals surface area contributed by atoms with Crippen molar-refractivity contribution in [2.75, 3.05) is 32.2 Å². The SMILES string of the molecule is COc1cc(/C=C/C(=O)OCC(=O)Nc2c(F)cccc2F)cc2c1OCCO2. The molecule has 152 valence electrons. The fourth-order valence-electron chi connectivity index (χ4n) is 2.53. The molecule has 2 aromatic rings. The van der Waals surface area contributed by atoms with Crippen LogP contribution in [-0.4, -0.2) is 38.8 Å². The average molecular weight is 405 g/mol. The molecule has 3 rings (SSSR count). The van der Waals surface area contributed by atoms with Crippen molar-refractivity contribution in [3.05, 3.63) is 53.6 Å².